The number of aromatic nitrogens is 3. The SMILES string of the molecule is Cc1nc(C(C)N(c2cc(F)ccc2F)S(=O)(=O)c2ccc(Cl)cc2)sc1CNCc1ccncn1. The number of aryl methyl sites for hydroxylation is 1. The predicted molar refractivity (Wildman–Crippen MR) is 135 cm³/mol. The number of nitrogens with zero attached hydrogens (tertiary/aromatic N) is 4. The Balaban J connectivity index is 1.68. The van der Waals surface area contributed by atoms with E-state index in [-0.39, 0.29) is 4.90 Å². The first-order valence-electron chi connectivity index (χ1n) is 10.8. The van der Waals surface area contributed by atoms with Crippen LogP contribution in [-0.4, -0.2) is 23.4 Å². The Bertz CT molecular complexity index is 1450. The molecule has 0 aliphatic rings. The van der Waals surface area contributed by atoms with E-state index < -0.39 is 33.4 Å². The Hall–Kier alpha value is -2.99. The highest BCUT2D eigenvalue weighted by molar-refractivity contribution is 7.92. The maximum Gasteiger partial charge on any atom is 0.265 e. The number of hydrogen-bond donors (Lipinski definition) is 1. The summed E-state index contributed by atoms with van der Waals surface area (Å²) in [7, 11) is -4.31. The van der Waals surface area contributed by atoms with Gasteiger partial charge in [0.1, 0.15) is 23.0 Å². The van der Waals surface area contributed by atoms with Gasteiger partial charge >= 0.3 is 0 Å². The third-order valence-corrected chi connectivity index (χ3v) is 8.85. The van der Waals surface area contributed by atoms with Crippen LogP contribution in [0.2, 0.25) is 5.02 Å². The first-order chi connectivity index (χ1) is 17.2. The van der Waals surface area contributed by atoms with E-state index in [0.29, 0.717) is 28.8 Å². The lowest BCUT2D eigenvalue weighted by Gasteiger charge is -2.29. The minimum Gasteiger partial charge on any atom is -0.306 e. The van der Waals surface area contributed by atoms with Crippen molar-refractivity contribution in [1.29, 1.82) is 0 Å². The molecular formula is C24H22ClF2N5O2S2. The lowest BCUT2D eigenvalue weighted by atomic mass is 10.2. The number of anilines is 1. The van der Waals surface area contributed by atoms with Gasteiger partial charge in [0.05, 0.1) is 28.0 Å². The van der Waals surface area contributed by atoms with Gasteiger partial charge in [-0.15, -0.1) is 11.3 Å². The lowest BCUT2D eigenvalue weighted by molar-refractivity contribution is 0.570. The van der Waals surface area contributed by atoms with Crippen LogP contribution >= 0.6 is 22.9 Å². The van der Waals surface area contributed by atoms with Gasteiger partial charge in [0.15, 0.2) is 0 Å². The second-order valence-corrected chi connectivity index (χ2v) is 11.3. The maximum atomic E-state index is 14.9. The van der Waals surface area contributed by atoms with E-state index in [9.17, 15) is 17.2 Å². The summed E-state index contributed by atoms with van der Waals surface area (Å²) in [5.74, 6) is -1.64. The molecule has 2 heterocycles. The molecule has 7 nitrogen and oxygen atoms in total. The second-order valence-electron chi connectivity index (χ2n) is 7.89. The molecule has 12 heteroatoms. The van der Waals surface area contributed by atoms with Gasteiger partial charge in [-0.05, 0) is 56.3 Å². The van der Waals surface area contributed by atoms with Gasteiger partial charge in [-0.3, -0.25) is 4.31 Å². The van der Waals surface area contributed by atoms with Gasteiger partial charge in [0.2, 0.25) is 0 Å². The Morgan fingerprint density at radius 2 is 1.86 bits per heavy atom. The summed E-state index contributed by atoms with van der Waals surface area (Å²) in [5, 5.41) is 4.06. The molecule has 0 bridgehead atoms. The molecule has 0 radical (unpaired) electrons. The molecule has 2 aromatic carbocycles. The molecule has 1 unspecified atom stereocenters. The molecular weight excluding hydrogens is 528 g/mol. The highest BCUT2D eigenvalue weighted by atomic mass is 35.5. The first kappa shape index (κ1) is 26.1. The zero-order valence-corrected chi connectivity index (χ0v) is 21.7. The molecule has 1 atom stereocenters. The number of thiazole rings is 1. The van der Waals surface area contributed by atoms with Gasteiger partial charge in [-0.1, -0.05) is 11.6 Å². The molecule has 0 saturated heterocycles. The normalized spacial score (nSPS) is 12.5. The minimum atomic E-state index is -4.31. The van der Waals surface area contributed by atoms with Crippen LogP contribution < -0.4 is 9.62 Å². The zero-order valence-electron chi connectivity index (χ0n) is 19.3. The van der Waals surface area contributed by atoms with E-state index in [1.807, 2.05) is 6.92 Å². The Kier molecular flexibility index (Phi) is 7.94. The summed E-state index contributed by atoms with van der Waals surface area (Å²) < 4.78 is 57.3. The Morgan fingerprint density at radius 3 is 2.56 bits per heavy atom. The largest absolute Gasteiger partial charge is 0.306 e. The van der Waals surface area contributed by atoms with Crippen molar-refractivity contribution in [3.05, 3.63) is 99.0 Å². The van der Waals surface area contributed by atoms with Crippen molar-refractivity contribution in [2.75, 3.05) is 4.31 Å². The molecule has 0 amide bonds. The third-order valence-electron chi connectivity index (χ3n) is 5.37. The van der Waals surface area contributed by atoms with Crippen LogP contribution in [0.1, 0.15) is 34.2 Å². The summed E-state index contributed by atoms with van der Waals surface area (Å²) in [4.78, 5) is 13.4. The minimum absolute atomic E-state index is 0.109. The molecule has 0 aliphatic carbocycles. The number of hydrogen-bond acceptors (Lipinski definition) is 7. The maximum absolute atomic E-state index is 14.9. The highest BCUT2D eigenvalue weighted by Gasteiger charge is 2.34. The zero-order chi connectivity index (χ0) is 25.9. The summed E-state index contributed by atoms with van der Waals surface area (Å²) in [6, 6.07) is 9.07. The van der Waals surface area contributed by atoms with Crippen LogP contribution in [0.5, 0.6) is 0 Å². The van der Waals surface area contributed by atoms with Gasteiger partial charge in [-0.2, -0.15) is 0 Å². The third kappa shape index (κ3) is 5.70. The topological polar surface area (TPSA) is 88.1 Å². The first-order valence-corrected chi connectivity index (χ1v) is 13.5. The van der Waals surface area contributed by atoms with Gasteiger partial charge in [-0.25, -0.2) is 32.2 Å². The quantitative estimate of drug-likeness (QED) is 0.300. The monoisotopic (exact) mass is 549 g/mol. The number of nitrogens with one attached hydrogen (secondary N) is 1. The molecule has 0 spiro atoms. The van der Waals surface area contributed by atoms with Crippen molar-refractivity contribution in [2.24, 2.45) is 0 Å². The van der Waals surface area contributed by atoms with Crippen molar-refractivity contribution >= 4 is 38.6 Å². The molecule has 36 heavy (non-hydrogen) atoms. The number of benzene rings is 2. The summed E-state index contributed by atoms with van der Waals surface area (Å²) >= 11 is 7.22. The van der Waals surface area contributed by atoms with Crippen LogP contribution in [0.15, 0.2) is 66.0 Å². The standard InChI is InChI=1S/C24H22ClF2N5O2S2/c1-15-23(13-29-12-19-9-10-28-14-30-19)35-24(31-15)16(2)32(22-11-18(26)5-8-21(22)27)36(33,34)20-6-3-17(25)4-7-20/h3-11,14,16,29H,12-13H2,1-2H3. The van der Waals surface area contributed by atoms with Crippen molar-refractivity contribution in [2.45, 2.75) is 37.9 Å². The van der Waals surface area contributed by atoms with Crippen LogP contribution in [0.25, 0.3) is 0 Å². The van der Waals surface area contributed by atoms with Crippen molar-refractivity contribution < 1.29 is 17.2 Å². The van der Waals surface area contributed by atoms with Crippen LogP contribution in [0, 0.1) is 18.6 Å². The van der Waals surface area contributed by atoms with Crippen molar-refractivity contribution in [3.63, 3.8) is 0 Å². The van der Waals surface area contributed by atoms with E-state index in [1.165, 1.54) is 41.9 Å². The lowest BCUT2D eigenvalue weighted by Crippen LogP contribution is -2.34. The van der Waals surface area contributed by atoms with E-state index in [0.717, 1.165) is 33.1 Å². The molecule has 0 aliphatic heterocycles. The van der Waals surface area contributed by atoms with Crippen LogP contribution in [0.3, 0.4) is 0 Å². The summed E-state index contributed by atoms with van der Waals surface area (Å²) in [5.41, 5.74) is 1.12. The van der Waals surface area contributed by atoms with E-state index in [4.69, 9.17) is 11.6 Å². The molecule has 0 fully saturated rings. The molecule has 2 aromatic heterocycles. The van der Waals surface area contributed by atoms with E-state index in [1.54, 1.807) is 19.2 Å². The average Bonchev–Trinajstić information content (AvgIpc) is 3.22. The Labute approximate surface area is 216 Å². The van der Waals surface area contributed by atoms with Gasteiger partial charge in [0.25, 0.3) is 10.0 Å². The number of halogens is 3. The molecule has 1 N–H and O–H groups in total. The van der Waals surface area contributed by atoms with E-state index in [2.05, 4.69) is 20.3 Å². The second kappa shape index (κ2) is 11.0. The molecule has 0 saturated carbocycles. The fourth-order valence-corrected chi connectivity index (χ4v) is 6.43. The number of sulfonamides is 1. The van der Waals surface area contributed by atoms with Crippen LogP contribution in [-0.2, 0) is 23.1 Å². The molecule has 4 aromatic rings. The summed E-state index contributed by atoms with van der Waals surface area (Å²) in [6.45, 7) is 4.39. The van der Waals surface area contributed by atoms with Crippen LogP contribution in [0.4, 0.5) is 14.5 Å². The fourth-order valence-electron chi connectivity index (χ4n) is 3.54. The van der Waals surface area contributed by atoms with Crippen molar-refractivity contribution in [3.8, 4) is 0 Å². The average molecular weight is 550 g/mol. The smallest absolute Gasteiger partial charge is 0.265 e. The summed E-state index contributed by atoms with van der Waals surface area (Å²) in [6.07, 6.45) is 3.12. The van der Waals surface area contributed by atoms with Gasteiger partial charge < -0.3 is 5.32 Å². The van der Waals surface area contributed by atoms with Gasteiger partial charge in [0, 0.05) is 35.3 Å². The Morgan fingerprint density at radius 1 is 1.11 bits per heavy atom. The van der Waals surface area contributed by atoms with E-state index >= 15 is 0 Å². The molecule has 188 valence electrons. The number of rotatable bonds is 9. The van der Waals surface area contributed by atoms with Crippen molar-refractivity contribution in [1.82, 2.24) is 20.3 Å². The molecule has 4 rings (SSSR count). The highest BCUT2D eigenvalue weighted by Crippen LogP contribution is 2.37. The fraction of sp³-hybridized carbons (Fsp3) is 0.208. The predicted octanol–water partition coefficient (Wildman–Crippen LogP) is 5.42.